The second-order valence-electron chi connectivity index (χ2n) is 6.47. The van der Waals surface area contributed by atoms with E-state index >= 15 is 0 Å². The highest BCUT2D eigenvalue weighted by Gasteiger charge is 2.16. The minimum Gasteiger partial charge on any atom is -0.459 e. The van der Waals surface area contributed by atoms with Crippen LogP contribution >= 0.6 is 0 Å². The molecule has 26 heavy (non-hydrogen) atoms. The highest BCUT2D eigenvalue weighted by Crippen LogP contribution is 2.29. The predicted molar refractivity (Wildman–Crippen MR) is 104 cm³/mol. The van der Waals surface area contributed by atoms with Gasteiger partial charge in [-0.15, -0.1) is 0 Å². The smallest absolute Gasteiger partial charge is 0.159 e. The summed E-state index contributed by atoms with van der Waals surface area (Å²) in [6.07, 6.45) is 3.75. The summed E-state index contributed by atoms with van der Waals surface area (Å²) in [5.74, 6) is 1.73. The Hall–Kier alpha value is -2.98. The minimum absolute atomic E-state index is 0.108. The third-order valence-electron chi connectivity index (χ3n) is 4.62. The van der Waals surface area contributed by atoms with Gasteiger partial charge in [-0.3, -0.25) is 0 Å². The van der Waals surface area contributed by atoms with Crippen LogP contribution < -0.4 is 5.32 Å². The van der Waals surface area contributed by atoms with E-state index in [-0.39, 0.29) is 6.04 Å². The van der Waals surface area contributed by atoms with Crippen molar-refractivity contribution in [2.24, 2.45) is 0 Å². The number of nitrogens with one attached hydrogen (secondary N) is 1. The van der Waals surface area contributed by atoms with Crippen molar-refractivity contribution in [3.8, 4) is 11.4 Å². The average Bonchev–Trinajstić information content (AvgIpc) is 3.04. The van der Waals surface area contributed by atoms with Crippen LogP contribution in [0.2, 0.25) is 0 Å². The zero-order chi connectivity index (χ0) is 17.9. The van der Waals surface area contributed by atoms with E-state index in [9.17, 15) is 0 Å². The lowest BCUT2D eigenvalue weighted by Crippen LogP contribution is -2.18. The molecule has 0 saturated carbocycles. The van der Waals surface area contributed by atoms with Crippen molar-refractivity contribution in [3.63, 3.8) is 0 Å². The lowest BCUT2D eigenvalue weighted by atomic mass is 10.1. The first kappa shape index (κ1) is 16.5. The molecular weight excluding hydrogens is 322 g/mol. The molecule has 4 nitrogen and oxygen atoms in total. The van der Waals surface area contributed by atoms with Crippen LogP contribution in [0.5, 0.6) is 0 Å². The lowest BCUT2D eigenvalue weighted by Gasteiger charge is -2.12. The third kappa shape index (κ3) is 3.24. The van der Waals surface area contributed by atoms with Crippen molar-refractivity contribution < 1.29 is 4.42 Å². The highest BCUT2D eigenvalue weighted by molar-refractivity contribution is 5.82. The molecule has 1 atom stereocenters. The van der Waals surface area contributed by atoms with Crippen LogP contribution in [0.1, 0.15) is 29.9 Å². The quantitative estimate of drug-likeness (QED) is 0.551. The maximum atomic E-state index is 6.03. The Kier molecular flexibility index (Phi) is 4.50. The predicted octanol–water partition coefficient (Wildman–Crippen LogP) is 5.05. The van der Waals surface area contributed by atoms with E-state index in [1.807, 2.05) is 60.9 Å². The fraction of sp³-hybridized carbons (Fsp3) is 0.182. The largest absolute Gasteiger partial charge is 0.459 e. The molecule has 4 rings (SSSR count). The Morgan fingerprint density at radius 1 is 0.962 bits per heavy atom. The molecule has 1 N–H and O–H groups in total. The van der Waals surface area contributed by atoms with Crippen molar-refractivity contribution in [1.29, 1.82) is 0 Å². The van der Waals surface area contributed by atoms with Crippen molar-refractivity contribution in [3.05, 3.63) is 83.9 Å². The van der Waals surface area contributed by atoms with Crippen LogP contribution in [0.25, 0.3) is 22.4 Å². The Morgan fingerprint density at radius 3 is 2.38 bits per heavy atom. The van der Waals surface area contributed by atoms with Gasteiger partial charge in [0.1, 0.15) is 11.3 Å². The Labute approximate surface area is 152 Å². The van der Waals surface area contributed by atoms with Gasteiger partial charge in [0.05, 0.1) is 6.04 Å². The van der Waals surface area contributed by atoms with E-state index in [2.05, 4.69) is 35.2 Å². The first-order valence-electron chi connectivity index (χ1n) is 8.80. The number of rotatable bonds is 5. The zero-order valence-corrected chi connectivity index (χ0v) is 14.9. The summed E-state index contributed by atoms with van der Waals surface area (Å²) in [5, 5.41) is 4.68. The van der Waals surface area contributed by atoms with Crippen molar-refractivity contribution in [2.75, 3.05) is 0 Å². The summed E-state index contributed by atoms with van der Waals surface area (Å²) in [6, 6.07) is 18.3. The van der Waals surface area contributed by atoms with E-state index in [1.165, 1.54) is 10.9 Å². The van der Waals surface area contributed by atoms with Gasteiger partial charge in [0, 0.05) is 35.5 Å². The number of nitrogens with zero attached hydrogens (tertiary/aromatic N) is 2. The van der Waals surface area contributed by atoms with Gasteiger partial charge in [0.25, 0.3) is 0 Å². The SMILES string of the molecule is Cc1c([C@@H](C)NCc2cnc(-c3ccccc3)nc2)oc2ccccc12. The molecule has 0 aliphatic carbocycles. The van der Waals surface area contributed by atoms with Crippen molar-refractivity contribution in [2.45, 2.75) is 26.4 Å². The van der Waals surface area contributed by atoms with Gasteiger partial charge in [-0.25, -0.2) is 9.97 Å². The van der Waals surface area contributed by atoms with Gasteiger partial charge < -0.3 is 9.73 Å². The second-order valence-corrected chi connectivity index (χ2v) is 6.47. The van der Waals surface area contributed by atoms with Gasteiger partial charge in [-0.2, -0.15) is 0 Å². The Morgan fingerprint density at radius 2 is 1.65 bits per heavy atom. The maximum Gasteiger partial charge on any atom is 0.159 e. The molecule has 0 unspecified atom stereocenters. The van der Waals surface area contributed by atoms with Gasteiger partial charge in [-0.1, -0.05) is 48.5 Å². The summed E-state index contributed by atoms with van der Waals surface area (Å²) >= 11 is 0. The molecule has 0 bridgehead atoms. The number of furan rings is 1. The molecule has 2 aromatic carbocycles. The molecule has 0 aliphatic rings. The number of hydrogen-bond donors (Lipinski definition) is 1. The average molecular weight is 343 g/mol. The van der Waals surface area contributed by atoms with Crippen LogP contribution in [0, 0.1) is 6.92 Å². The van der Waals surface area contributed by atoms with E-state index in [0.717, 1.165) is 28.3 Å². The number of aryl methyl sites for hydroxylation is 1. The fourth-order valence-corrected chi connectivity index (χ4v) is 3.15. The van der Waals surface area contributed by atoms with Gasteiger partial charge >= 0.3 is 0 Å². The summed E-state index contributed by atoms with van der Waals surface area (Å²) in [4.78, 5) is 8.95. The lowest BCUT2D eigenvalue weighted by molar-refractivity contribution is 0.447. The Bertz CT molecular complexity index is 1010. The molecule has 0 radical (unpaired) electrons. The van der Waals surface area contributed by atoms with Gasteiger partial charge in [0.15, 0.2) is 5.82 Å². The third-order valence-corrected chi connectivity index (χ3v) is 4.62. The second kappa shape index (κ2) is 7.10. The molecule has 0 saturated heterocycles. The molecule has 2 aromatic heterocycles. The van der Waals surface area contributed by atoms with Crippen LogP contribution in [-0.4, -0.2) is 9.97 Å². The molecule has 0 fully saturated rings. The first-order valence-corrected chi connectivity index (χ1v) is 8.80. The van der Waals surface area contributed by atoms with Crippen LogP contribution in [-0.2, 0) is 6.54 Å². The fourth-order valence-electron chi connectivity index (χ4n) is 3.15. The first-order chi connectivity index (χ1) is 12.7. The molecule has 130 valence electrons. The molecule has 4 heteroatoms. The maximum absolute atomic E-state index is 6.03. The summed E-state index contributed by atoms with van der Waals surface area (Å²) < 4.78 is 6.03. The van der Waals surface area contributed by atoms with Crippen LogP contribution in [0.4, 0.5) is 0 Å². The number of hydrogen-bond acceptors (Lipinski definition) is 4. The molecular formula is C22H21N3O. The summed E-state index contributed by atoms with van der Waals surface area (Å²) in [6.45, 7) is 4.91. The number of benzene rings is 2. The Balaban J connectivity index is 1.45. The monoisotopic (exact) mass is 343 g/mol. The normalized spacial score (nSPS) is 12.4. The summed E-state index contributed by atoms with van der Waals surface area (Å²) in [5.41, 5.74) is 4.20. The molecule has 2 heterocycles. The highest BCUT2D eigenvalue weighted by atomic mass is 16.3. The van der Waals surface area contributed by atoms with E-state index in [4.69, 9.17) is 4.42 Å². The standard InChI is InChI=1S/C22H21N3O/c1-15-19-10-6-7-11-20(19)26-21(15)16(2)23-12-17-13-24-22(25-14-17)18-8-4-3-5-9-18/h3-11,13-14,16,23H,12H2,1-2H3/t16-/m1/s1. The van der Waals surface area contributed by atoms with Crippen LogP contribution in [0.15, 0.2) is 71.4 Å². The molecule has 0 amide bonds. The number of para-hydroxylation sites is 1. The van der Waals surface area contributed by atoms with E-state index in [1.54, 1.807) is 0 Å². The minimum atomic E-state index is 0.108. The van der Waals surface area contributed by atoms with Crippen molar-refractivity contribution >= 4 is 11.0 Å². The van der Waals surface area contributed by atoms with Crippen molar-refractivity contribution in [1.82, 2.24) is 15.3 Å². The van der Waals surface area contributed by atoms with E-state index in [0.29, 0.717) is 6.54 Å². The molecule has 4 aromatic rings. The van der Waals surface area contributed by atoms with Crippen LogP contribution in [0.3, 0.4) is 0 Å². The molecule has 0 spiro atoms. The number of fused-ring (bicyclic) bond motifs is 1. The van der Waals surface area contributed by atoms with E-state index < -0.39 is 0 Å². The van der Waals surface area contributed by atoms with Gasteiger partial charge in [-0.05, 0) is 25.5 Å². The number of aromatic nitrogens is 2. The zero-order valence-electron chi connectivity index (χ0n) is 14.9. The topological polar surface area (TPSA) is 51.0 Å². The summed E-state index contributed by atoms with van der Waals surface area (Å²) in [7, 11) is 0. The molecule has 0 aliphatic heterocycles. The van der Waals surface area contributed by atoms with Gasteiger partial charge in [0.2, 0.25) is 0 Å².